The molecule has 2 aromatic carbocycles. The van der Waals surface area contributed by atoms with Crippen molar-refractivity contribution in [1.29, 1.82) is 0 Å². The highest BCUT2D eigenvalue weighted by Gasteiger charge is 2.10. The van der Waals surface area contributed by atoms with E-state index in [9.17, 15) is 0 Å². The fourth-order valence-electron chi connectivity index (χ4n) is 2.27. The summed E-state index contributed by atoms with van der Waals surface area (Å²) in [6.45, 7) is 2.11. The van der Waals surface area contributed by atoms with E-state index in [4.69, 9.17) is 17.0 Å². The molecule has 4 heteroatoms. The number of benzene rings is 2. The molecule has 0 aliphatic rings. The first-order chi connectivity index (χ1) is 10.3. The fraction of sp³-hybridized carbons (Fsp3) is 0.118. The molecule has 3 aromatic rings. The zero-order valence-corrected chi connectivity index (χ0v) is 12.6. The van der Waals surface area contributed by atoms with E-state index < -0.39 is 0 Å². The van der Waals surface area contributed by atoms with Crippen molar-refractivity contribution in [3.63, 3.8) is 0 Å². The molecule has 3 rings (SSSR count). The molecule has 0 fully saturated rings. The summed E-state index contributed by atoms with van der Waals surface area (Å²) in [5.74, 6) is 1.60. The van der Waals surface area contributed by atoms with E-state index >= 15 is 0 Å². The number of rotatable bonds is 4. The van der Waals surface area contributed by atoms with Gasteiger partial charge in [-0.1, -0.05) is 37.3 Å². The lowest BCUT2D eigenvalue weighted by atomic mass is 10.2. The standard InChI is InChI=1S/C17H16N2OS/c1-2-13-12-18-17(21)19(13)15-10-6-7-11-16(15)20-14-8-4-3-5-9-14/h3-12H,2H2,1H3,(H,18,21). The second-order valence-corrected chi connectivity index (χ2v) is 5.04. The zero-order valence-electron chi connectivity index (χ0n) is 11.7. The first kappa shape index (κ1) is 13.6. The normalized spacial score (nSPS) is 10.5. The van der Waals surface area contributed by atoms with Gasteiger partial charge in [0.25, 0.3) is 0 Å². The number of nitrogens with one attached hydrogen (secondary N) is 1. The van der Waals surface area contributed by atoms with E-state index in [-0.39, 0.29) is 0 Å². The number of ether oxygens (including phenoxy) is 1. The topological polar surface area (TPSA) is 29.9 Å². The third-order valence-corrected chi connectivity index (χ3v) is 3.59. The van der Waals surface area contributed by atoms with Gasteiger partial charge in [-0.15, -0.1) is 0 Å². The molecule has 0 unspecified atom stereocenters. The maximum atomic E-state index is 6.01. The lowest BCUT2D eigenvalue weighted by molar-refractivity contribution is 0.479. The summed E-state index contributed by atoms with van der Waals surface area (Å²) in [5.41, 5.74) is 2.08. The number of aromatic nitrogens is 2. The highest BCUT2D eigenvalue weighted by molar-refractivity contribution is 7.71. The minimum Gasteiger partial charge on any atom is -0.455 e. The van der Waals surface area contributed by atoms with Crippen LogP contribution in [0.3, 0.4) is 0 Å². The highest BCUT2D eigenvalue weighted by Crippen LogP contribution is 2.29. The Kier molecular flexibility index (Phi) is 3.88. The van der Waals surface area contributed by atoms with Gasteiger partial charge in [-0.3, -0.25) is 4.57 Å². The van der Waals surface area contributed by atoms with Gasteiger partial charge in [-0.05, 0) is 42.9 Å². The number of imidazole rings is 1. The first-order valence-electron chi connectivity index (χ1n) is 6.91. The van der Waals surface area contributed by atoms with E-state index in [1.807, 2.05) is 65.4 Å². The van der Waals surface area contributed by atoms with Crippen LogP contribution in [0.15, 0.2) is 60.8 Å². The van der Waals surface area contributed by atoms with E-state index in [2.05, 4.69) is 11.9 Å². The van der Waals surface area contributed by atoms with Crippen LogP contribution in [0.2, 0.25) is 0 Å². The summed E-state index contributed by atoms with van der Waals surface area (Å²) >= 11 is 5.40. The maximum Gasteiger partial charge on any atom is 0.182 e. The molecule has 0 spiro atoms. The van der Waals surface area contributed by atoms with Gasteiger partial charge in [-0.25, -0.2) is 0 Å². The number of hydrogen-bond donors (Lipinski definition) is 1. The summed E-state index contributed by atoms with van der Waals surface area (Å²) < 4.78 is 8.71. The molecule has 21 heavy (non-hydrogen) atoms. The monoisotopic (exact) mass is 296 g/mol. The van der Waals surface area contributed by atoms with Crippen molar-refractivity contribution < 1.29 is 4.74 Å². The molecule has 3 nitrogen and oxygen atoms in total. The Hall–Kier alpha value is -2.33. The number of aryl methyl sites for hydroxylation is 1. The number of nitrogens with zero attached hydrogens (tertiary/aromatic N) is 1. The Bertz CT molecular complexity index is 790. The van der Waals surface area contributed by atoms with E-state index in [1.54, 1.807) is 0 Å². The quantitative estimate of drug-likeness (QED) is 0.695. The summed E-state index contributed by atoms with van der Waals surface area (Å²) in [4.78, 5) is 3.10. The van der Waals surface area contributed by atoms with Crippen LogP contribution in [0.5, 0.6) is 11.5 Å². The molecule has 106 valence electrons. The molecule has 0 bridgehead atoms. The molecular weight excluding hydrogens is 280 g/mol. The van der Waals surface area contributed by atoms with Crippen LogP contribution in [-0.4, -0.2) is 9.55 Å². The van der Waals surface area contributed by atoms with Gasteiger partial charge in [0.1, 0.15) is 5.75 Å². The van der Waals surface area contributed by atoms with E-state index in [0.29, 0.717) is 4.77 Å². The van der Waals surface area contributed by atoms with E-state index in [0.717, 1.165) is 29.3 Å². The second-order valence-electron chi connectivity index (χ2n) is 4.66. The Balaban J connectivity index is 2.08. The summed E-state index contributed by atoms with van der Waals surface area (Å²) in [5, 5.41) is 0. The molecular formula is C17H16N2OS. The minimum absolute atomic E-state index is 0.677. The number of hydrogen-bond acceptors (Lipinski definition) is 2. The van der Waals surface area contributed by atoms with Crippen molar-refractivity contribution in [3.8, 4) is 17.2 Å². The van der Waals surface area contributed by atoms with Gasteiger partial charge >= 0.3 is 0 Å². The fourth-order valence-corrected chi connectivity index (χ4v) is 2.55. The molecule has 0 saturated heterocycles. The van der Waals surface area contributed by atoms with Crippen molar-refractivity contribution in [3.05, 3.63) is 71.3 Å². The Morgan fingerprint density at radius 1 is 1.05 bits per heavy atom. The summed E-state index contributed by atoms with van der Waals surface area (Å²) in [6.07, 6.45) is 2.84. The van der Waals surface area contributed by atoms with Crippen LogP contribution in [0.1, 0.15) is 12.6 Å². The van der Waals surface area contributed by atoms with Gasteiger partial charge in [0, 0.05) is 11.9 Å². The zero-order chi connectivity index (χ0) is 14.7. The Morgan fingerprint density at radius 2 is 1.76 bits per heavy atom. The molecule has 0 aliphatic heterocycles. The summed E-state index contributed by atoms with van der Waals surface area (Å²) in [7, 11) is 0. The van der Waals surface area contributed by atoms with Gasteiger partial charge in [0.15, 0.2) is 10.5 Å². The predicted molar refractivity (Wildman–Crippen MR) is 86.8 cm³/mol. The number of para-hydroxylation sites is 3. The van der Waals surface area contributed by atoms with Crippen LogP contribution in [-0.2, 0) is 6.42 Å². The van der Waals surface area contributed by atoms with Gasteiger partial charge in [0.05, 0.1) is 5.69 Å². The summed E-state index contributed by atoms with van der Waals surface area (Å²) in [6, 6.07) is 17.7. The van der Waals surface area contributed by atoms with E-state index in [1.165, 1.54) is 0 Å². The third-order valence-electron chi connectivity index (χ3n) is 3.29. The van der Waals surface area contributed by atoms with Gasteiger partial charge in [-0.2, -0.15) is 0 Å². The Labute approximate surface area is 128 Å². The van der Waals surface area contributed by atoms with Crippen molar-refractivity contribution in [2.24, 2.45) is 0 Å². The molecule has 0 aliphatic carbocycles. The van der Waals surface area contributed by atoms with Crippen LogP contribution in [0.4, 0.5) is 0 Å². The largest absolute Gasteiger partial charge is 0.455 e. The number of aromatic amines is 1. The average molecular weight is 296 g/mol. The molecule has 1 aromatic heterocycles. The lowest BCUT2D eigenvalue weighted by Gasteiger charge is -2.13. The average Bonchev–Trinajstić information content (AvgIpc) is 2.90. The van der Waals surface area contributed by atoms with Crippen molar-refractivity contribution in [2.45, 2.75) is 13.3 Å². The minimum atomic E-state index is 0.677. The molecule has 1 N–H and O–H groups in total. The predicted octanol–water partition coefficient (Wildman–Crippen LogP) is 4.89. The van der Waals surface area contributed by atoms with Crippen molar-refractivity contribution in [2.75, 3.05) is 0 Å². The van der Waals surface area contributed by atoms with Gasteiger partial charge in [0.2, 0.25) is 0 Å². The maximum absolute atomic E-state index is 6.01. The molecule has 0 radical (unpaired) electrons. The second kappa shape index (κ2) is 5.97. The highest BCUT2D eigenvalue weighted by atomic mass is 32.1. The molecule has 1 heterocycles. The smallest absolute Gasteiger partial charge is 0.182 e. The van der Waals surface area contributed by atoms with Crippen LogP contribution < -0.4 is 4.74 Å². The molecule has 0 atom stereocenters. The SMILES string of the molecule is CCc1c[nH]c(=S)n1-c1ccccc1Oc1ccccc1. The van der Waals surface area contributed by atoms with Crippen LogP contribution >= 0.6 is 12.2 Å². The first-order valence-corrected chi connectivity index (χ1v) is 7.32. The third kappa shape index (κ3) is 2.76. The van der Waals surface area contributed by atoms with Gasteiger partial charge < -0.3 is 9.72 Å². The lowest BCUT2D eigenvalue weighted by Crippen LogP contribution is -2.01. The van der Waals surface area contributed by atoms with Crippen molar-refractivity contribution >= 4 is 12.2 Å². The van der Waals surface area contributed by atoms with Crippen molar-refractivity contribution in [1.82, 2.24) is 9.55 Å². The van der Waals surface area contributed by atoms with Crippen LogP contribution in [0, 0.1) is 4.77 Å². The number of H-pyrrole nitrogens is 1. The molecule has 0 amide bonds. The van der Waals surface area contributed by atoms with Crippen LogP contribution in [0.25, 0.3) is 5.69 Å². The molecule has 0 saturated carbocycles. The Morgan fingerprint density at radius 3 is 2.52 bits per heavy atom.